The largest absolute Gasteiger partial charge is 0.273 e. The van der Waals surface area contributed by atoms with Crippen molar-refractivity contribution in [1.29, 1.82) is 0 Å². The first-order chi connectivity index (χ1) is 6.27. The molecule has 1 heterocycles. The van der Waals surface area contributed by atoms with Gasteiger partial charge in [0, 0.05) is 5.56 Å². The molecular weight excluding hydrogens is 164 g/mol. The topological polar surface area (TPSA) is 41.5 Å². The summed E-state index contributed by atoms with van der Waals surface area (Å²) in [5.41, 5.74) is 5.45. The van der Waals surface area contributed by atoms with Crippen LogP contribution in [0.15, 0.2) is 29.4 Å². The van der Waals surface area contributed by atoms with Crippen LogP contribution in [-0.4, -0.2) is 11.6 Å². The summed E-state index contributed by atoms with van der Waals surface area (Å²) in [5, 5.41) is 3.96. The number of rotatable bonds is 0. The normalized spacial score (nSPS) is 15.5. The van der Waals surface area contributed by atoms with Crippen LogP contribution in [0.3, 0.4) is 0 Å². The molecule has 1 aromatic rings. The molecule has 3 nitrogen and oxygen atoms in total. The van der Waals surface area contributed by atoms with Gasteiger partial charge in [0.15, 0.2) is 0 Å². The van der Waals surface area contributed by atoms with Gasteiger partial charge in [0.05, 0.1) is 12.1 Å². The molecule has 0 fully saturated rings. The van der Waals surface area contributed by atoms with Crippen LogP contribution in [0.2, 0.25) is 0 Å². The third-order valence-electron chi connectivity index (χ3n) is 2.11. The molecule has 0 atom stereocenters. The second kappa shape index (κ2) is 3.01. The van der Waals surface area contributed by atoms with Gasteiger partial charge in [0.25, 0.3) is 0 Å². The maximum absolute atomic E-state index is 11.2. The smallest absolute Gasteiger partial charge is 0.244 e. The maximum atomic E-state index is 11.2. The maximum Gasteiger partial charge on any atom is 0.244 e. The first-order valence-corrected chi connectivity index (χ1v) is 4.19. The Morgan fingerprint density at radius 2 is 2.15 bits per heavy atom. The molecular formula is C10H10N2O. The second-order valence-electron chi connectivity index (χ2n) is 3.07. The Bertz CT molecular complexity index is 382. The third kappa shape index (κ3) is 1.45. The standard InChI is InChI=1S/C10H10N2O/c1-7-9-5-3-2-4-8(9)6-10(13)12-11-7/h2-5H,6H2,1H3,(H,12,13). The lowest BCUT2D eigenvalue weighted by molar-refractivity contribution is -0.120. The highest BCUT2D eigenvalue weighted by atomic mass is 16.2. The Kier molecular flexibility index (Phi) is 1.85. The van der Waals surface area contributed by atoms with Crippen LogP contribution in [0.1, 0.15) is 18.1 Å². The quantitative estimate of drug-likeness (QED) is 0.628. The highest BCUT2D eigenvalue weighted by Gasteiger charge is 2.12. The van der Waals surface area contributed by atoms with Crippen molar-refractivity contribution in [2.75, 3.05) is 0 Å². The average Bonchev–Trinajstić information content (AvgIpc) is 2.27. The van der Waals surface area contributed by atoms with E-state index in [9.17, 15) is 4.79 Å². The minimum Gasteiger partial charge on any atom is -0.273 e. The molecule has 0 unspecified atom stereocenters. The van der Waals surface area contributed by atoms with E-state index in [1.165, 1.54) is 0 Å². The van der Waals surface area contributed by atoms with Crippen LogP contribution >= 0.6 is 0 Å². The Morgan fingerprint density at radius 3 is 3.00 bits per heavy atom. The first-order valence-electron chi connectivity index (χ1n) is 4.19. The molecule has 0 aromatic heterocycles. The number of hydrogen-bond donors (Lipinski definition) is 1. The fourth-order valence-corrected chi connectivity index (χ4v) is 1.45. The van der Waals surface area contributed by atoms with Crippen molar-refractivity contribution in [1.82, 2.24) is 5.43 Å². The van der Waals surface area contributed by atoms with Crippen molar-refractivity contribution in [2.24, 2.45) is 5.10 Å². The van der Waals surface area contributed by atoms with E-state index in [1.807, 2.05) is 31.2 Å². The summed E-state index contributed by atoms with van der Waals surface area (Å²) in [5.74, 6) is -0.0516. The zero-order valence-electron chi connectivity index (χ0n) is 7.37. The molecule has 3 heteroatoms. The summed E-state index contributed by atoms with van der Waals surface area (Å²) in [7, 11) is 0. The van der Waals surface area contributed by atoms with E-state index < -0.39 is 0 Å². The average molecular weight is 174 g/mol. The molecule has 0 saturated carbocycles. The number of nitrogens with zero attached hydrogens (tertiary/aromatic N) is 1. The predicted octanol–water partition coefficient (Wildman–Crippen LogP) is 1.08. The van der Waals surface area contributed by atoms with Crippen LogP contribution < -0.4 is 5.43 Å². The fraction of sp³-hybridized carbons (Fsp3) is 0.200. The molecule has 1 N–H and O–H groups in total. The number of carbonyl (C=O) groups excluding carboxylic acids is 1. The minimum absolute atomic E-state index is 0.0516. The molecule has 0 saturated heterocycles. The number of hydrazone groups is 1. The number of benzene rings is 1. The lowest BCUT2D eigenvalue weighted by atomic mass is 10.0. The lowest BCUT2D eigenvalue weighted by Gasteiger charge is -2.02. The van der Waals surface area contributed by atoms with Crippen LogP contribution in [0, 0.1) is 0 Å². The van der Waals surface area contributed by atoms with E-state index in [-0.39, 0.29) is 5.91 Å². The Hall–Kier alpha value is -1.64. The van der Waals surface area contributed by atoms with Gasteiger partial charge in [-0.15, -0.1) is 0 Å². The van der Waals surface area contributed by atoms with E-state index in [0.29, 0.717) is 6.42 Å². The molecule has 0 spiro atoms. The molecule has 1 amide bonds. The van der Waals surface area contributed by atoms with E-state index in [4.69, 9.17) is 0 Å². The van der Waals surface area contributed by atoms with Gasteiger partial charge >= 0.3 is 0 Å². The molecule has 66 valence electrons. The van der Waals surface area contributed by atoms with Crippen molar-refractivity contribution in [2.45, 2.75) is 13.3 Å². The van der Waals surface area contributed by atoms with Crippen molar-refractivity contribution in [3.63, 3.8) is 0 Å². The summed E-state index contributed by atoms with van der Waals surface area (Å²) < 4.78 is 0. The number of carbonyl (C=O) groups is 1. The van der Waals surface area contributed by atoms with Crippen molar-refractivity contribution in [3.05, 3.63) is 35.4 Å². The first kappa shape index (κ1) is 7.98. The molecule has 1 aromatic carbocycles. The lowest BCUT2D eigenvalue weighted by Crippen LogP contribution is -2.17. The molecule has 1 aliphatic heterocycles. The molecule has 2 rings (SSSR count). The highest BCUT2D eigenvalue weighted by Crippen LogP contribution is 2.12. The summed E-state index contributed by atoms with van der Waals surface area (Å²) in [6.07, 6.45) is 0.414. The van der Waals surface area contributed by atoms with Gasteiger partial charge in [0.1, 0.15) is 0 Å². The van der Waals surface area contributed by atoms with Crippen LogP contribution in [0.25, 0.3) is 0 Å². The summed E-state index contributed by atoms with van der Waals surface area (Å²) >= 11 is 0. The number of amides is 1. The van der Waals surface area contributed by atoms with Gasteiger partial charge < -0.3 is 0 Å². The second-order valence-corrected chi connectivity index (χ2v) is 3.07. The van der Waals surface area contributed by atoms with Gasteiger partial charge in [0.2, 0.25) is 5.91 Å². The third-order valence-corrected chi connectivity index (χ3v) is 2.11. The van der Waals surface area contributed by atoms with Crippen molar-refractivity contribution < 1.29 is 4.79 Å². The minimum atomic E-state index is -0.0516. The summed E-state index contributed by atoms with van der Waals surface area (Å²) in [4.78, 5) is 11.2. The van der Waals surface area contributed by atoms with E-state index in [1.54, 1.807) is 0 Å². The van der Waals surface area contributed by atoms with Gasteiger partial charge in [-0.05, 0) is 12.5 Å². The van der Waals surface area contributed by atoms with Gasteiger partial charge in [-0.25, -0.2) is 5.43 Å². The Morgan fingerprint density at radius 1 is 1.38 bits per heavy atom. The van der Waals surface area contributed by atoms with E-state index in [2.05, 4.69) is 10.5 Å². The van der Waals surface area contributed by atoms with Crippen molar-refractivity contribution >= 4 is 11.6 Å². The van der Waals surface area contributed by atoms with E-state index >= 15 is 0 Å². The molecule has 0 radical (unpaired) electrons. The number of fused-ring (bicyclic) bond motifs is 1. The zero-order valence-corrected chi connectivity index (χ0v) is 7.37. The predicted molar refractivity (Wildman–Crippen MR) is 50.5 cm³/mol. The van der Waals surface area contributed by atoms with Gasteiger partial charge in [-0.1, -0.05) is 24.3 Å². The van der Waals surface area contributed by atoms with Crippen LogP contribution in [0.5, 0.6) is 0 Å². The number of nitrogens with one attached hydrogen (secondary N) is 1. The van der Waals surface area contributed by atoms with Crippen molar-refractivity contribution in [3.8, 4) is 0 Å². The zero-order chi connectivity index (χ0) is 9.26. The Balaban J connectivity index is 2.55. The van der Waals surface area contributed by atoms with E-state index in [0.717, 1.165) is 16.8 Å². The Labute approximate surface area is 76.5 Å². The summed E-state index contributed by atoms with van der Waals surface area (Å²) in [6, 6.07) is 7.83. The molecule has 0 aliphatic carbocycles. The molecule has 13 heavy (non-hydrogen) atoms. The SMILES string of the molecule is CC1=NNC(=O)Cc2ccccc21. The summed E-state index contributed by atoms with van der Waals surface area (Å²) in [6.45, 7) is 1.89. The van der Waals surface area contributed by atoms with Crippen LogP contribution in [-0.2, 0) is 11.2 Å². The molecule has 1 aliphatic rings. The number of hydrogen-bond acceptors (Lipinski definition) is 2. The monoisotopic (exact) mass is 174 g/mol. The fourth-order valence-electron chi connectivity index (χ4n) is 1.45. The van der Waals surface area contributed by atoms with Gasteiger partial charge in [-0.3, -0.25) is 4.79 Å². The molecule has 0 bridgehead atoms. The highest BCUT2D eigenvalue weighted by molar-refractivity contribution is 6.02. The van der Waals surface area contributed by atoms with Crippen LogP contribution in [0.4, 0.5) is 0 Å². The van der Waals surface area contributed by atoms with Gasteiger partial charge in [-0.2, -0.15) is 5.10 Å².